The summed E-state index contributed by atoms with van der Waals surface area (Å²) in [5.74, 6) is -2.31. The third-order valence-corrected chi connectivity index (χ3v) is 8.37. The first kappa shape index (κ1) is 16.7. The molecule has 2 fully saturated rings. The van der Waals surface area contributed by atoms with Crippen LogP contribution in [0.2, 0.25) is 0 Å². The van der Waals surface area contributed by atoms with Crippen molar-refractivity contribution in [2.24, 2.45) is 0 Å². The Labute approximate surface area is 133 Å². The van der Waals surface area contributed by atoms with Crippen molar-refractivity contribution >= 4 is 20.0 Å². The van der Waals surface area contributed by atoms with Crippen LogP contribution in [0.15, 0.2) is 23.1 Å². The fraction of sp³-hybridized carbons (Fsp3) is 0.538. The van der Waals surface area contributed by atoms with Gasteiger partial charge >= 0.3 is 0 Å². The second kappa shape index (κ2) is 5.76. The molecule has 10 heteroatoms. The average Bonchev–Trinajstić information content (AvgIpc) is 3.32. The van der Waals surface area contributed by atoms with E-state index in [1.807, 2.05) is 0 Å². The molecule has 0 unspecified atom stereocenters. The molecule has 1 aromatic carbocycles. The predicted molar refractivity (Wildman–Crippen MR) is 78.6 cm³/mol. The number of piperazine rings is 1. The SMILES string of the molecule is O=S(=O)(c1c(F)cccc1F)N1CCN(S(=O)(=O)C2CC2)CC1. The normalized spacial score (nSPS) is 21.5. The van der Waals surface area contributed by atoms with Crippen LogP contribution < -0.4 is 0 Å². The molecule has 0 aromatic heterocycles. The highest BCUT2D eigenvalue weighted by atomic mass is 32.2. The number of hydrogen-bond acceptors (Lipinski definition) is 4. The van der Waals surface area contributed by atoms with Crippen molar-refractivity contribution in [1.82, 2.24) is 8.61 Å². The number of rotatable bonds is 4. The molecule has 0 N–H and O–H groups in total. The maximum absolute atomic E-state index is 13.7. The van der Waals surface area contributed by atoms with Gasteiger partial charge in [0.05, 0.1) is 5.25 Å². The topological polar surface area (TPSA) is 74.8 Å². The molecule has 1 saturated heterocycles. The quantitative estimate of drug-likeness (QED) is 0.789. The fourth-order valence-corrected chi connectivity index (χ4v) is 5.96. The molecule has 1 aliphatic heterocycles. The summed E-state index contributed by atoms with van der Waals surface area (Å²) in [5, 5.41) is -0.366. The zero-order chi connectivity index (χ0) is 16.8. The first-order valence-electron chi connectivity index (χ1n) is 7.18. The Balaban J connectivity index is 1.79. The molecule has 2 aliphatic rings. The van der Waals surface area contributed by atoms with Gasteiger partial charge in [-0.2, -0.15) is 8.61 Å². The minimum atomic E-state index is -4.34. The first-order valence-corrected chi connectivity index (χ1v) is 10.1. The van der Waals surface area contributed by atoms with Crippen molar-refractivity contribution in [3.63, 3.8) is 0 Å². The van der Waals surface area contributed by atoms with Crippen molar-refractivity contribution in [3.05, 3.63) is 29.8 Å². The summed E-state index contributed by atoms with van der Waals surface area (Å²) in [7, 11) is -7.71. The van der Waals surface area contributed by atoms with E-state index in [4.69, 9.17) is 0 Å². The van der Waals surface area contributed by atoms with Gasteiger partial charge in [0.1, 0.15) is 11.6 Å². The van der Waals surface area contributed by atoms with E-state index in [1.54, 1.807) is 0 Å². The maximum atomic E-state index is 13.7. The van der Waals surface area contributed by atoms with Crippen LogP contribution >= 0.6 is 0 Å². The minimum absolute atomic E-state index is 0.00582. The molecule has 6 nitrogen and oxygen atoms in total. The van der Waals surface area contributed by atoms with Crippen LogP contribution in [0.4, 0.5) is 8.78 Å². The summed E-state index contributed by atoms with van der Waals surface area (Å²) < 4.78 is 78.7. The lowest BCUT2D eigenvalue weighted by Crippen LogP contribution is -2.51. The zero-order valence-electron chi connectivity index (χ0n) is 12.2. The van der Waals surface area contributed by atoms with Crippen LogP contribution in [0, 0.1) is 11.6 Å². The van der Waals surface area contributed by atoms with Crippen molar-refractivity contribution in [1.29, 1.82) is 0 Å². The van der Waals surface area contributed by atoms with E-state index in [0.29, 0.717) is 12.8 Å². The lowest BCUT2D eigenvalue weighted by Gasteiger charge is -2.33. The third kappa shape index (κ3) is 3.00. The Morgan fingerprint density at radius 1 is 0.870 bits per heavy atom. The molecule has 0 amide bonds. The Morgan fingerprint density at radius 3 is 1.83 bits per heavy atom. The van der Waals surface area contributed by atoms with Crippen molar-refractivity contribution in [2.45, 2.75) is 23.0 Å². The molecule has 1 aliphatic carbocycles. The van der Waals surface area contributed by atoms with Crippen LogP contribution in [0.1, 0.15) is 12.8 Å². The van der Waals surface area contributed by atoms with Crippen LogP contribution in [0.25, 0.3) is 0 Å². The van der Waals surface area contributed by atoms with Crippen molar-refractivity contribution in [3.8, 4) is 0 Å². The Bertz CT molecular complexity index is 794. The van der Waals surface area contributed by atoms with Gasteiger partial charge in [0, 0.05) is 26.2 Å². The van der Waals surface area contributed by atoms with E-state index in [0.717, 1.165) is 22.5 Å². The van der Waals surface area contributed by atoms with E-state index in [2.05, 4.69) is 0 Å². The van der Waals surface area contributed by atoms with Gasteiger partial charge in [-0.15, -0.1) is 0 Å². The second-order valence-electron chi connectivity index (χ2n) is 5.60. The van der Waals surface area contributed by atoms with E-state index in [1.165, 1.54) is 4.31 Å². The standard InChI is InChI=1S/C13H16F2N2O4S2/c14-11-2-1-3-12(15)13(11)23(20,21)17-8-6-16(7-9-17)22(18,19)10-4-5-10/h1-3,10H,4-9H2. The summed E-state index contributed by atoms with van der Waals surface area (Å²) in [6, 6.07) is 2.84. The van der Waals surface area contributed by atoms with Crippen molar-refractivity contribution < 1.29 is 25.6 Å². The second-order valence-corrected chi connectivity index (χ2v) is 9.69. The molecule has 0 radical (unpaired) electrons. The Morgan fingerprint density at radius 2 is 1.35 bits per heavy atom. The number of hydrogen-bond donors (Lipinski definition) is 0. The lowest BCUT2D eigenvalue weighted by atomic mass is 10.3. The minimum Gasteiger partial charge on any atom is -0.212 e. The van der Waals surface area contributed by atoms with Gasteiger partial charge in [-0.1, -0.05) is 6.07 Å². The number of sulfonamides is 2. The molecule has 0 atom stereocenters. The lowest BCUT2D eigenvalue weighted by molar-refractivity contribution is 0.271. The Kier molecular flexibility index (Phi) is 4.20. The molecule has 1 saturated carbocycles. The largest absolute Gasteiger partial charge is 0.249 e. The van der Waals surface area contributed by atoms with E-state index < -0.39 is 36.6 Å². The summed E-state index contributed by atoms with van der Waals surface area (Å²) in [5.41, 5.74) is 0. The smallest absolute Gasteiger partial charge is 0.212 e. The van der Waals surface area contributed by atoms with E-state index >= 15 is 0 Å². The van der Waals surface area contributed by atoms with Crippen LogP contribution in [-0.4, -0.2) is 56.9 Å². The van der Waals surface area contributed by atoms with Gasteiger partial charge in [0.15, 0.2) is 4.90 Å². The van der Waals surface area contributed by atoms with Gasteiger partial charge in [-0.25, -0.2) is 25.6 Å². The highest BCUT2D eigenvalue weighted by Gasteiger charge is 2.42. The summed E-state index contributed by atoms with van der Waals surface area (Å²) >= 11 is 0. The number of halogens is 2. The summed E-state index contributed by atoms with van der Waals surface area (Å²) in [6.45, 7) is -0.258. The fourth-order valence-electron chi connectivity index (χ4n) is 2.60. The molecule has 1 aromatic rings. The molecular formula is C13H16F2N2O4S2. The monoisotopic (exact) mass is 366 g/mol. The molecule has 1 heterocycles. The molecule has 0 spiro atoms. The molecule has 23 heavy (non-hydrogen) atoms. The first-order chi connectivity index (χ1) is 10.7. The average molecular weight is 366 g/mol. The molecule has 0 bridgehead atoms. The Hall–Kier alpha value is -1.10. The van der Waals surface area contributed by atoms with E-state index in [-0.39, 0.29) is 31.4 Å². The van der Waals surface area contributed by atoms with Crippen LogP contribution in [-0.2, 0) is 20.0 Å². The molecule has 3 rings (SSSR count). The molecule has 128 valence electrons. The van der Waals surface area contributed by atoms with Gasteiger partial charge in [-0.3, -0.25) is 0 Å². The van der Waals surface area contributed by atoms with Crippen LogP contribution in [0.3, 0.4) is 0 Å². The summed E-state index contributed by atoms with van der Waals surface area (Å²) in [4.78, 5) is -0.987. The number of benzene rings is 1. The van der Waals surface area contributed by atoms with E-state index in [9.17, 15) is 25.6 Å². The number of nitrogens with zero attached hydrogens (tertiary/aromatic N) is 2. The van der Waals surface area contributed by atoms with Gasteiger partial charge in [0.2, 0.25) is 20.0 Å². The van der Waals surface area contributed by atoms with Gasteiger partial charge < -0.3 is 0 Å². The van der Waals surface area contributed by atoms with Crippen LogP contribution in [0.5, 0.6) is 0 Å². The zero-order valence-corrected chi connectivity index (χ0v) is 13.8. The van der Waals surface area contributed by atoms with Crippen molar-refractivity contribution in [2.75, 3.05) is 26.2 Å². The third-order valence-electron chi connectivity index (χ3n) is 4.02. The van der Waals surface area contributed by atoms with Gasteiger partial charge in [0.25, 0.3) is 0 Å². The molecular weight excluding hydrogens is 350 g/mol. The maximum Gasteiger partial charge on any atom is 0.249 e. The highest BCUT2D eigenvalue weighted by molar-refractivity contribution is 7.90. The summed E-state index contributed by atoms with van der Waals surface area (Å²) in [6.07, 6.45) is 1.25. The highest BCUT2D eigenvalue weighted by Crippen LogP contribution is 2.32. The van der Waals surface area contributed by atoms with Gasteiger partial charge in [-0.05, 0) is 25.0 Å². The predicted octanol–water partition coefficient (Wildman–Crippen LogP) is 0.763.